The molecule has 0 heterocycles. The van der Waals surface area contributed by atoms with Crippen molar-refractivity contribution in [3.05, 3.63) is 47.3 Å². The molecule has 0 atom stereocenters. The Kier molecular flexibility index (Phi) is 4.96. The normalized spacial score (nSPS) is 9.27. The van der Waals surface area contributed by atoms with Gasteiger partial charge in [0, 0.05) is 6.54 Å². The van der Waals surface area contributed by atoms with Crippen LogP contribution in [0.25, 0.3) is 4.85 Å². The SMILES string of the molecule is [C-]#[N+]CCC(=O)NCCc1ccccc1. The van der Waals surface area contributed by atoms with Crippen molar-refractivity contribution in [1.29, 1.82) is 0 Å². The summed E-state index contributed by atoms with van der Waals surface area (Å²) in [6.07, 6.45) is 1.14. The van der Waals surface area contributed by atoms with Gasteiger partial charge in [0.1, 0.15) is 0 Å². The van der Waals surface area contributed by atoms with Crippen molar-refractivity contribution in [2.75, 3.05) is 13.1 Å². The zero-order valence-corrected chi connectivity index (χ0v) is 8.57. The predicted molar refractivity (Wildman–Crippen MR) is 59.2 cm³/mol. The molecular formula is C12H14N2O. The minimum atomic E-state index is -0.0399. The number of benzene rings is 1. The lowest BCUT2D eigenvalue weighted by atomic mass is 10.1. The van der Waals surface area contributed by atoms with Gasteiger partial charge in [-0.15, -0.1) is 0 Å². The monoisotopic (exact) mass is 202 g/mol. The van der Waals surface area contributed by atoms with Crippen LogP contribution in [0.2, 0.25) is 0 Å². The Balaban J connectivity index is 2.17. The van der Waals surface area contributed by atoms with Gasteiger partial charge in [-0.2, -0.15) is 0 Å². The summed E-state index contributed by atoms with van der Waals surface area (Å²) in [5.41, 5.74) is 1.21. The molecule has 3 heteroatoms. The Morgan fingerprint density at radius 2 is 2.07 bits per heavy atom. The molecule has 0 aromatic heterocycles. The van der Waals surface area contributed by atoms with Crippen LogP contribution < -0.4 is 5.32 Å². The summed E-state index contributed by atoms with van der Waals surface area (Å²) in [5, 5.41) is 2.78. The third kappa shape index (κ3) is 4.82. The lowest BCUT2D eigenvalue weighted by Gasteiger charge is -2.02. The van der Waals surface area contributed by atoms with Crippen LogP contribution in [0.15, 0.2) is 30.3 Å². The summed E-state index contributed by atoms with van der Waals surface area (Å²) in [7, 11) is 0. The number of nitrogens with one attached hydrogen (secondary N) is 1. The first-order valence-corrected chi connectivity index (χ1v) is 4.97. The summed E-state index contributed by atoms with van der Waals surface area (Å²) in [4.78, 5) is 14.3. The number of rotatable bonds is 5. The van der Waals surface area contributed by atoms with Crippen LogP contribution in [0.3, 0.4) is 0 Å². The van der Waals surface area contributed by atoms with Crippen molar-refractivity contribution in [3.8, 4) is 0 Å². The van der Waals surface area contributed by atoms with Gasteiger partial charge in [0.2, 0.25) is 12.5 Å². The molecule has 0 aliphatic rings. The van der Waals surface area contributed by atoms with Gasteiger partial charge >= 0.3 is 0 Å². The maximum absolute atomic E-state index is 11.1. The van der Waals surface area contributed by atoms with E-state index in [1.54, 1.807) is 0 Å². The third-order valence-corrected chi connectivity index (χ3v) is 2.03. The van der Waals surface area contributed by atoms with Crippen molar-refractivity contribution < 1.29 is 4.79 Å². The second-order valence-corrected chi connectivity index (χ2v) is 3.22. The van der Waals surface area contributed by atoms with Gasteiger partial charge in [-0.1, -0.05) is 30.3 Å². The minimum absolute atomic E-state index is 0.0399. The van der Waals surface area contributed by atoms with E-state index >= 15 is 0 Å². The highest BCUT2D eigenvalue weighted by molar-refractivity contribution is 5.76. The predicted octanol–water partition coefficient (Wildman–Crippen LogP) is 1.65. The standard InChI is InChI=1S/C12H14N2O/c1-13-9-8-12(15)14-10-7-11-5-3-2-4-6-11/h2-6H,7-10H2,(H,14,15). The molecule has 1 aromatic rings. The van der Waals surface area contributed by atoms with E-state index in [4.69, 9.17) is 6.57 Å². The Morgan fingerprint density at radius 3 is 2.73 bits per heavy atom. The lowest BCUT2D eigenvalue weighted by Crippen LogP contribution is -2.25. The van der Waals surface area contributed by atoms with Crippen LogP contribution in [0, 0.1) is 6.57 Å². The average molecular weight is 202 g/mol. The first-order chi connectivity index (χ1) is 7.33. The molecule has 0 saturated heterocycles. The van der Waals surface area contributed by atoms with E-state index in [0.29, 0.717) is 13.0 Å². The van der Waals surface area contributed by atoms with Gasteiger partial charge < -0.3 is 10.2 Å². The van der Waals surface area contributed by atoms with Gasteiger partial charge in [-0.3, -0.25) is 4.79 Å². The highest BCUT2D eigenvalue weighted by atomic mass is 16.1. The maximum atomic E-state index is 11.1. The molecule has 0 spiro atoms. The van der Waals surface area contributed by atoms with Crippen molar-refractivity contribution in [3.63, 3.8) is 0 Å². The number of hydrogen-bond donors (Lipinski definition) is 1. The van der Waals surface area contributed by atoms with Crippen LogP contribution in [0.1, 0.15) is 12.0 Å². The first-order valence-electron chi connectivity index (χ1n) is 4.97. The van der Waals surface area contributed by atoms with Crippen LogP contribution >= 0.6 is 0 Å². The van der Waals surface area contributed by atoms with Gasteiger partial charge in [0.15, 0.2) is 0 Å². The van der Waals surface area contributed by atoms with Crippen LogP contribution in [-0.2, 0) is 11.2 Å². The molecule has 0 fully saturated rings. The van der Waals surface area contributed by atoms with Crippen LogP contribution in [0.5, 0.6) is 0 Å². The number of carbonyl (C=O) groups is 1. The largest absolute Gasteiger partial charge is 0.356 e. The molecule has 1 amide bonds. The molecule has 0 aliphatic heterocycles. The molecule has 0 saturated carbocycles. The summed E-state index contributed by atoms with van der Waals surface area (Å²) in [5.74, 6) is -0.0399. The van der Waals surface area contributed by atoms with Crippen LogP contribution in [-0.4, -0.2) is 19.0 Å². The fourth-order valence-corrected chi connectivity index (χ4v) is 1.24. The van der Waals surface area contributed by atoms with E-state index in [2.05, 4.69) is 10.2 Å². The molecule has 0 bridgehead atoms. The molecule has 1 aromatic carbocycles. The molecular weight excluding hydrogens is 188 g/mol. The topological polar surface area (TPSA) is 33.5 Å². The van der Waals surface area contributed by atoms with E-state index in [1.165, 1.54) is 5.56 Å². The Bertz CT molecular complexity index is 340. The lowest BCUT2D eigenvalue weighted by molar-refractivity contribution is -0.120. The Morgan fingerprint density at radius 1 is 1.33 bits per heavy atom. The van der Waals surface area contributed by atoms with E-state index in [-0.39, 0.29) is 12.5 Å². The second-order valence-electron chi connectivity index (χ2n) is 3.22. The molecule has 0 aliphatic carbocycles. The number of hydrogen-bond acceptors (Lipinski definition) is 1. The number of nitrogens with zero attached hydrogens (tertiary/aromatic N) is 1. The first kappa shape index (κ1) is 11.3. The fraction of sp³-hybridized carbons (Fsp3) is 0.333. The van der Waals surface area contributed by atoms with E-state index < -0.39 is 0 Å². The highest BCUT2D eigenvalue weighted by Crippen LogP contribution is 1.98. The van der Waals surface area contributed by atoms with Gasteiger partial charge in [0.25, 0.3) is 0 Å². The van der Waals surface area contributed by atoms with Crippen molar-refractivity contribution in [1.82, 2.24) is 5.32 Å². The quantitative estimate of drug-likeness (QED) is 0.724. The van der Waals surface area contributed by atoms with Gasteiger partial charge in [-0.25, -0.2) is 6.57 Å². The molecule has 78 valence electrons. The number of amides is 1. The molecule has 1 rings (SSSR count). The molecule has 0 unspecified atom stereocenters. The molecule has 0 radical (unpaired) electrons. The van der Waals surface area contributed by atoms with E-state index in [1.807, 2.05) is 30.3 Å². The molecule has 1 N–H and O–H groups in total. The maximum Gasteiger partial charge on any atom is 0.227 e. The zero-order chi connectivity index (χ0) is 10.9. The van der Waals surface area contributed by atoms with Crippen LogP contribution in [0.4, 0.5) is 0 Å². The molecule has 15 heavy (non-hydrogen) atoms. The Hall–Kier alpha value is -1.82. The zero-order valence-electron chi connectivity index (χ0n) is 8.57. The summed E-state index contributed by atoms with van der Waals surface area (Å²) in [6, 6.07) is 10.0. The van der Waals surface area contributed by atoms with Gasteiger partial charge in [0.05, 0.1) is 6.42 Å². The highest BCUT2D eigenvalue weighted by Gasteiger charge is 2.01. The minimum Gasteiger partial charge on any atom is -0.356 e. The number of carbonyl (C=O) groups excluding carboxylic acids is 1. The second kappa shape index (κ2) is 6.61. The van der Waals surface area contributed by atoms with Gasteiger partial charge in [-0.05, 0) is 12.0 Å². The third-order valence-electron chi connectivity index (χ3n) is 2.03. The smallest absolute Gasteiger partial charge is 0.227 e. The van der Waals surface area contributed by atoms with E-state index in [9.17, 15) is 4.79 Å². The average Bonchev–Trinajstić information content (AvgIpc) is 2.28. The summed E-state index contributed by atoms with van der Waals surface area (Å²) < 4.78 is 0. The molecule has 3 nitrogen and oxygen atoms in total. The van der Waals surface area contributed by atoms with E-state index in [0.717, 1.165) is 6.42 Å². The van der Waals surface area contributed by atoms with Crippen molar-refractivity contribution in [2.45, 2.75) is 12.8 Å². The Labute approximate surface area is 89.9 Å². The summed E-state index contributed by atoms with van der Waals surface area (Å²) >= 11 is 0. The fourth-order valence-electron chi connectivity index (χ4n) is 1.24. The van der Waals surface area contributed by atoms with Crippen molar-refractivity contribution >= 4 is 5.91 Å². The summed E-state index contributed by atoms with van der Waals surface area (Å²) in [6.45, 7) is 7.47. The van der Waals surface area contributed by atoms with Crippen molar-refractivity contribution in [2.24, 2.45) is 0 Å².